The standard InChI is InChI=1S/C15H18O3/c1-3-5-12-11-8-6-10(7-9-13(11)16)14(12)15(17)18-4-2/h5-11,14H,3-4H2,1-2H3/b12-5-/t10-,11-,14+/m1/s1. The maximum atomic E-state index is 12.1. The van der Waals surface area contributed by atoms with Crippen molar-refractivity contribution >= 4 is 11.8 Å². The van der Waals surface area contributed by atoms with E-state index in [0.29, 0.717) is 6.61 Å². The van der Waals surface area contributed by atoms with Crippen molar-refractivity contribution in [2.75, 3.05) is 6.61 Å². The Morgan fingerprint density at radius 2 is 2.11 bits per heavy atom. The Hall–Kier alpha value is -1.64. The van der Waals surface area contributed by atoms with E-state index in [1.807, 2.05) is 31.2 Å². The molecule has 0 heterocycles. The van der Waals surface area contributed by atoms with Gasteiger partial charge >= 0.3 is 5.97 Å². The second-order valence-electron chi connectivity index (χ2n) is 4.54. The second-order valence-corrected chi connectivity index (χ2v) is 4.54. The highest BCUT2D eigenvalue weighted by Crippen LogP contribution is 2.39. The maximum Gasteiger partial charge on any atom is 0.314 e. The molecule has 0 aromatic rings. The second kappa shape index (κ2) is 5.34. The summed E-state index contributed by atoms with van der Waals surface area (Å²) in [6, 6.07) is 0. The summed E-state index contributed by atoms with van der Waals surface area (Å²) in [5, 5.41) is 0. The molecule has 0 saturated carbocycles. The molecule has 0 radical (unpaired) electrons. The summed E-state index contributed by atoms with van der Waals surface area (Å²) in [4.78, 5) is 24.0. The van der Waals surface area contributed by atoms with Crippen LogP contribution in [0.5, 0.6) is 0 Å². The number of hydrogen-bond acceptors (Lipinski definition) is 3. The third-order valence-electron chi connectivity index (χ3n) is 3.40. The van der Waals surface area contributed by atoms with Gasteiger partial charge < -0.3 is 4.74 Å². The van der Waals surface area contributed by atoms with Crippen molar-refractivity contribution < 1.29 is 14.3 Å². The van der Waals surface area contributed by atoms with Gasteiger partial charge in [0.25, 0.3) is 0 Å². The van der Waals surface area contributed by atoms with Crippen LogP contribution in [0.2, 0.25) is 0 Å². The molecule has 0 N–H and O–H groups in total. The molecule has 0 saturated heterocycles. The third kappa shape index (κ3) is 2.17. The molecule has 0 unspecified atom stereocenters. The topological polar surface area (TPSA) is 43.4 Å². The Morgan fingerprint density at radius 1 is 1.33 bits per heavy atom. The van der Waals surface area contributed by atoms with E-state index in [1.165, 1.54) is 0 Å². The molecule has 0 fully saturated rings. The highest BCUT2D eigenvalue weighted by atomic mass is 16.5. The van der Waals surface area contributed by atoms with Gasteiger partial charge in [-0.3, -0.25) is 9.59 Å². The molecule has 2 bridgehead atoms. The number of carbonyl (C=O) groups excluding carboxylic acids is 2. The molecule has 18 heavy (non-hydrogen) atoms. The highest BCUT2D eigenvalue weighted by molar-refractivity contribution is 5.98. The molecule has 0 amide bonds. The summed E-state index contributed by atoms with van der Waals surface area (Å²) in [6.07, 6.45) is 10.1. The van der Waals surface area contributed by atoms with Gasteiger partial charge in [0, 0.05) is 5.92 Å². The lowest BCUT2D eigenvalue weighted by molar-refractivity contribution is -0.147. The number of carbonyl (C=O) groups is 2. The average Bonchev–Trinajstić information content (AvgIpc) is 2.60. The lowest BCUT2D eigenvalue weighted by atomic mass is 9.75. The van der Waals surface area contributed by atoms with Crippen LogP contribution in [0, 0.1) is 17.8 Å². The van der Waals surface area contributed by atoms with Gasteiger partial charge in [-0.15, -0.1) is 0 Å². The van der Waals surface area contributed by atoms with Gasteiger partial charge in [-0.2, -0.15) is 0 Å². The minimum absolute atomic E-state index is 0.0513. The molecule has 96 valence electrons. The molecular weight excluding hydrogens is 228 g/mol. The molecular formula is C15H18O3. The van der Waals surface area contributed by atoms with E-state index in [-0.39, 0.29) is 29.5 Å². The summed E-state index contributed by atoms with van der Waals surface area (Å²) < 4.78 is 5.14. The number of hydrogen-bond donors (Lipinski definition) is 0. The van der Waals surface area contributed by atoms with Crippen molar-refractivity contribution in [2.45, 2.75) is 20.3 Å². The minimum atomic E-state index is -0.331. The fraction of sp³-hybridized carbons (Fsp3) is 0.467. The SMILES string of the molecule is CC/C=C1\[C@@H](C(=O)OCC)[C@H]2C=CC(=O)[C@@H]1C=C2. The molecule has 3 aliphatic rings. The van der Waals surface area contributed by atoms with Crippen molar-refractivity contribution in [3.05, 3.63) is 36.0 Å². The number of rotatable bonds is 3. The third-order valence-corrected chi connectivity index (χ3v) is 3.40. The van der Waals surface area contributed by atoms with Gasteiger partial charge in [-0.1, -0.05) is 31.2 Å². The average molecular weight is 246 g/mol. The van der Waals surface area contributed by atoms with Crippen LogP contribution < -0.4 is 0 Å². The number of ketones is 1. The largest absolute Gasteiger partial charge is 0.466 e. The Morgan fingerprint density at radius 3 is 2.78 bits per heavy atom. The number of ether oxygens (including phenoxy) is 1. The first-order valence-corrected chi connectivity index (χ1v) is 6.46. The van der Waals surface area contributed by atoms with Crippen LogP contribution in [0.15, 0.2) is 36.0 Å². The van der Waals surface area contributed by atoms with E-state index in [1.54, 1.807) is 13.0 Å². The Labute approximate surface area is 107 Å². The van der Waals surface area contributed by atoms with E-state index < -0.39 is 0 Å². The first-order chi connectivity index (χ1) is 8.69. The monoisotopic (exact) mass is 246 g/mol. The van der Waals surface area contributed by atoms with E-state index in [4.69, 9.17) is 4.74 Å². The lowest BCUT2D eigenvalue weighted by Gasteiger charge is -2.28. The zero-order valence-electron chi connectivity index (χ0n) is 10.8. The predicted molar refractivity (Wildman–Crippen MR) is 68.8 cm³/mol. The number of esters is 1. The summed E-state index contributed by atoms with van der Waals surface area (Å²) in [6.45, 7) is 4.18. The van der Waals surface area contributed by atoms with Crippen LogP contribution in [0.4, 0.5) is 0 Å². The predicted octanol–water partition coefficient (Wildman–Crippen LogP) is 2.44. The van der Waals surface area contributed by atoms with Gasteiger partial charge in [-0.25, -0.2) is 0 Å². The van der Waals surface area contributed by atoms with Crippen molar-refractivity contribution in [1.82, 2.24) is 0 Å². The van der Waals surface area contributed by atoms with Crippen molar-refractivity contribution in [3.63, 3.8) is 0 Å². The summed E-state index contributed by atoms with van der Waals surface area (Å²) in [5.74, 6) is -0.836. The smallest absolute Gasteiger partial charge is 0.314 e. The normalized spacial score (nSPS) is 31.8. The highest BCUT2D eigenvalue weighted by Gasteiger charge is 2.40. The van der Waals surface area contributed by atoms with E-state index in [0.717, 1.165) is 12.0 Å². The van der Waals surface area contributed by atoms with Gasteiger partial charge in [-0.05, 0) is 25.0 Å². The summed E-state index contributed by atoms with van der Waals surface area (Å²) in [5.41, 5.74) is 0.901. The zero-order chi connectivity index (χ0) is 13.1. The molecule has 3 rings (SSSR count). The quantitative estimate of drug-likeness (QED) is 0.567. The van der Waals surface area contributed by atoms with Crippen LogP contribution >= 0.6 is 0 Å². The fourth-order valence-corrected chi connectivity index (χ4v) is 2.64. The van der Waals surface area contributed by atoms with Crippen molar-refractivity contribution in [3.8, 4) is 0 Å². The van der Waals surface area contributed by atoms with Crippen LogP contribution in [0.25, 0.3) is 0 Å². The number of fused-ring (bicyclic) bond motifs is 2. The van der Waals surface area contributed by atoms with Gasteiger partial charge in [0.2, 0.25) is 0 Å². The Bertz CT molecular complexity index is 443. The van der Waals surface area contributed by atoms with E-state index in [9.17, 15) is 9.59 Å². The fourth-order valence-electron chi connectivity index (χ4n) is 2.64. The Kier molecular flexibility index (Phi) is 3.80. The molecule has 3 nitrogen and oxygen atoms in total. The summed E-state index contributed by atoms with van der Waals surface area (Å²) >= 11 is 0. The lowest BCUT2D eigenvalue weighted by Crippen LogP contribution is -2.31. The Balaban J connectivity index is 2.41. The van der Waals surface area contributed by atoms with Gasteiger partial charge in [0.05, 0.1) is 18.4 Å². The van der Waals surface area contributed by atoms with Gasteiger partial charge in [0.1, 0.15) is 0 Å². The zero-order valence-corrected chi connectivity index (χ0v) is 10.8. The molecule has 3 aliphatic carbocycles. The molecule has 0 aromatic heterocycles. The van der Waals surface area contributed by atoms with Crippen LogP contribution in [-0.2, 0) is 14.3 Å². The van der Waals surface area contributed by atoms with E-state index >= 15 is 0 Å². The molecule has 3 atom stereocenters. The molecule has 3 heteroatoms. The molecule has 0 aromatic carbocycles. The van der Waals surface area contributed by atoms with Crippen molar-refractivity contribution in [2.24, 2.45) is 17.8 Å². The van der Waals surface area contributed by atoms with Gasteiger partial charge in [0.15, 0.2) is 5.78 Å². The van der Waals surface area contributed by atoms with Crippen molar-refractivity contribution in [1.29, 1.82) is 0 Å². The molecule has 0 spiro atoms. The molecule has 0 aliphatic heterocycles. The minimum Gasteiger partial charge on any atom is -0.466 e. The number of allylic oxidation sites excluding steroid dienone is 5. The first-order valence-electron chi connectivity index (χ1n) is 6.46. The van der Waals surface area contributed by atoms with Crippen LogP contribution in [0.3, 0.4) is 0 Å². The van der Waals surface area contributed by atoms with Crippen LogP contribution in [0.1, 0.15) is 20.3 Å². The first kappa shape index (κ1) is 12.8. The maximum absolute atomic E-state index is 12.1. The van der Waals surface area contributed by atoms with E-state index in [2.05, 4.69) is 0 Å². The summed E-state index contributed by atoms with van der Waals surface area (Å²) in [7, 11) is 0. The van der Waals surface area contributed by atoms with Crippen LogP contribution in [-0.4, -0.2) is 18.4 Å².